The standard InChI is InChI=1S/C9H10N4O2/c1-5-6(2)12-13(3)9(15)7(5)8(14)11-4-10/h1-3H3,(H,11,14). The summed E-state index contributed by atoms with van der Waals surface area (Å²) in [5, 5.41) is 14.2. The van der Waals surface area contributed by atoms with Crippen molar-refractivity contribution in [3.05, 3.63) is 27.2 Å². The lowest BCUT2D eigenvalue weighted by Crippen LogP contribution is -2.33. The maximum Gasteiger partial charge on any atom is 0.279 e. The van der Waals surface area contributed by atoms with Crippen molar-refractivity contribution < 1.29 is 4.79 Å². The second kappa shape index (κ2) is 3.92. The Labute approximate surface area is 86.1 Å². The van der Waals surface area contributed by atoms with Crippen molar-refractivity contribution in [2.24, 2.45) is 7.05 Å². The molecule has 0 unspecified atom stereocenters. The Morgan fingerprint density at radius 1 is 1.53 bits per heavy atom. The minimum Gasteiger partial charge on any atom is -0.268 e. The number of carbonyl (C=O) groups excluding carboxylic acids is 1. The Balaban J connectivity index is 3.48. The van der Waals surface area contributed by atoms with Crippen LogP contribution >= 0.6 is 0 Å². The van der Waals surface area contributed by atoms with Gasteiger partial charge in [-0.25, -0.2) is 4.68 Å². The summed E-state index contributed by atoms with van der Waals surface area (Å²) in [5.74, 6) is -0.693. The van der Waals surface area contributed by atoms with Crippen molar-refractivity contribution in [3.8, 4) is 6.19 Å². The molecule has 1 aromatic heterocycles. The molecule has 0 saturated carbocycles. The van der Waals surface area contributed by atoms with Crippen LogP contribution in [0.2, 0.25) is 0 Å². The van der Waals surface area contributed by atoms with Crippen LogP contribution in [0.3, 0.4) is 0 Å². The number of aromatic nitrogens is 2. The molecule has 0 fully saturated rings. The van der Waals surface area contributed by atoms with E-state index in [0.717, 1.165) is 4.68 Å². The summed E-state index contributed by atoms with van der Waals surface area (Å²) < 4.78 is 1.08. The van der Waals surface area contributed by atoms with Crippen LogP contribution < -0.4 is 10.9 Å². The smallest absolute Gasteiger partial charge is 0.268 e. The first-order chi connectivity index (χ1) is 6.99. The van der Waals surface area contributed by atoms with E-state index in [0.29, 0.717) is 11.3 Å². The van der Waals surface area contributed by atoms with Crippen LogP contribution in [-0.2, 0) is 7.05 Å². The highest BCUT2D eigenvalue weighted by atomic mass is 16.2. The lowest BCUT2D eigenvalue weighted by molar-refractivity contribution is 0.0969. The van der Waals surface area contributed by atoms with Crippen LogP contribution in [0, 0.1) is 25.3 Å². The van der Waals surface area contributed by atoms with Gasteiger partial charge in [-0.2, -0.15) is 10.4 Å². The van der Waals surface area contributed by atoms with Crippen molar-refractivity contribution in [2.75, 3.05) is 0 Å². The van der Waals surface area contributed by atoms with Crippen molar-refractivity contribution in [1.82, 2.24) is 15.1 Å². The predicted octanol–water partition coefficient (Wildman–Crippen LogP) is -0.392. The van der Waals surface area contributed by atoms with E-state index in [4.69, 9.17) is 5.26 Å². The van der Waals surface area contributed by atoms with Gasteiger partial charge in [0.15, 0.2) is 6.19 Å². The fourth-order valence-corrected chi connectivity index (χ4v) is 1.23. The Kier molecular flexibility index (Phi) is 2.85. The maximum atomic E-state index is 11.6. The molecule has 1 heterocycles. The van der Waals surface area contributed by atoms with Crippen LogP contribution in [-0.4, -0.2) is 15.7 Å². The van der Waals surface area contributed by atoms with E-state index >= 15 is 0 Å². The number of amides is 1. The topological polar surface area (TPSA) is 87.8 Å². The highest BCUT2D eigenvalue weighted by Gasteiger charge is 2.17. The molecule has 1 rings (SSSR count). The van der Waals surface area contributed by atoms with E-state index in [9.17, 15) is 9.59 Å². The van der Waals surface area contributed by atoms with Crippen molar-refractivity contribution in [3.63, 3.8) is 0 Å². The van der Waals surface area contributed by atoms with Gasteiger partial charge in [0.2, 0.25) is 0 Å². The van der Waals surface area contributed by atoms with Gasteiger partial charge in [-0.05, 0) is 19.4 Å². The highest BCUT2D eigenvalue weighted by molar-refractivity contribution is 5.96. The van der Waals surface area contributed by atoms with Gasteiger partial charge in [-0.1, -0.05) is 0 Å². The molecule has 0 aromatic carbocycles. The van der Waals surface area contributed by atoms with Gasteiger partial charge < -0.3 is 0 Å². The molecule has 1 amide bonds. The first-order valence-corrected chi connectivity index (χ1v) is 4.23. The Morgan fingerprint density at radius 2 is 2.13 bits per heavy atom. The van der Waals surface area contributed by atoms with Crippen LogP contribution in [0.4, 0.5) is 0 Å². The lowest BCUT2D eigenvalue weighted by Gasteiger charge is -2.07. The first-order valence-electron chi connectivity index (χ1n) is 4.23. The van der Waals surface area contributed by atoms with Crippen LogP contribution in [0.25, 0.3) is 0 Å². The van der Waals surface area contributed by atoms with Gasteiger partial charge in [0.05, 0.1) is 5.69 Å². The summed E-state index contributed by atoms with van der Waals surface area (Å²) in [5.41, 5.74) is 0.531. The van der Waals surface area contributed by atoms with Crippen LogP contribution in [0.15, 0.2) is 4.79 Å². The number of nitrogens with zero attached hydrogens (tertiary/aromatic N) is 3. The minimum absolute atomic E-state index is 0.0356. The molecule has 0 saturated heterocycles. The number of hydrogen-bond donors (Lipinski definition) is 1. The SMILES string of the molecule is Cc1nn(C)c(=O)c(C(=O)NC#N)c1C. The van der Waals surface area contributed by atoms with Gasteiger partial charge in [0.25, 0.3) is 11.5 Å². The number of nitriles is 1. The summed E-state index contributed by atoms with van der Waals surface area (Å²) >= 11 is 0. The normalized spacial score (nSPS) is 9.47. The van der Waals surface area contributed by atoms with Crippen molar-refractivity contribution >= 4 is 5.91 Å². The Bertz CT molecular complexity index is 510. The summed E-state index contributed by atoms with van der Waals surface area (Å²) in [6.07, 6.45) is 1.49. The molecule has 0 radical (unpaired) electrons. The molecule has 6 heteroatoms. The second-order valence-corrected chi connectivity index (χ2v) is 3.08. The molecule has 0 spiro atoms. The second-order valence-electron chi connectivity index (χ2n) is 3.08. The summed E-state index contributed by atoms with van der Waals surface area (Å²) in [6, 6.07) is 0. The minimum atomic E-state index is -0.693. The van der Waals surface area contributed by atoms with E-state index in [1.807, 2.05) is 5.32 Å². The van der Waals surface area contributed by atoms with Gasteiger partial charge >= 0.3 is 0 Å². The van der Waals surface area contributed by atoms with E-state index in [2.05, 4.69) is 5.10 Å². The van der Waals surface area contributed by atoms with Gasteiger partial charge in [-0.3, -0.25) is 14.9 Å². The molecule has 1 aromatic rings. The summed E-state index contributed by atoms with van der Waals surface area (Å²) in [6.45, 7) is 3.31. The van der Waals surface area contributed by atoms with Crippen LogP contribution in [0.1, 0.15) is 21.6 Å². The lowest BCUT2D eigenvalue weighted by atomic mass is 10.1. The maximum absolute atomic E-state index is 11.6. The monoisotopic (exact) mass is 206 g/mol. The molecule has 0 aliphatic heterocycles. The average molecular weight is 206 g/mol. The van der Waals surface area contributed by atoms with Gasteiger partial charge in [0.1, 0.15) is 5.56 Å². The third kappa shape index (κ3) is 1.86. The van der Waals surface area contributed by atoms with E-state index in [1.165, 1.54) is 13.2 Å². The molecule has 1 N–H and O–H groups in total. The number of aryl methyl sites for hydroxylation is 2. The molecule has 6 nitrogen and oxygen atoms in total. The molecular weight excluding hydrogens is 196 g/mol. The highest BCUT2D eigenvalue weighted by Crippen LogP contribution is 2.05. The molecule has 0 aliphatic rings. The number of rotatable bonds is 1. The fourth-order valence-electron chi connectivity index (χ4n) is 1.23. The summed E-state index contributed by atoms with van der Waals surface area (Å²) in [4.78, 5) is 23.0. The zero-order chi connectivity index (χ0) is 11.6. The van der Waals surface area contributed by atoms with Crippen molar-refractivity contribution in [2.45, 2.75) is 13.8 Å². The van der Waals surface area contributed by atoms with Crippen molar-refractivity contribution in [1.29, 1.82) is 5.26 Å². The third-order valence-corrected chi connectivity index (χ3v) is 2.12. The van der Waals surface area contributed by atoms with Crippen LogP contribution in [0.5, 0.6) is 0 Å². The van der Waals surface area contributed by atoms with E-state index < -0.39 is 11.5 Å². The predicted molar refractivity (Wildman–Crippen MR) is 52.0 cm³/mol. The zero-order valence-corrected chi connectivity index (χ0v) is 8.66. The van der Waals surface area contributed by atoms with E-state index in [1.54, 1.807) is 13.8 Å². The largest absolute Gasteiger partial charge is 0.279 e. The molecule has 78 valence electrons. The number of hydrogen-bond acceptors (Lipinski definition) is 4. The Morgan fingerprint density at radius 3 is 2.67 bits per heavy atom. The zero-order valence-electron chi connectivity index (χ0n) is 8.66. The quantitative estimate of drug-likeness (QED) is 0.500. The fraction of sp³-hybridized carbons (Fsp3) is 0.333. The number of carbonyl (C=O) groups is 1. The van der Waals surface area contributed by atoms with E-state index in [-0.39, 0.29) is 5.56 Å². The Hall–Kier alpha value is -2.16. The average Bonchev–Trinajstić information content (AvgIpc) is 2.16. The molecule has 0 atom stereocenters. The molecule has 0 bridgehead atoms. The van der Waals surface area contributed by atoms with Gasteiger partial charge in [-0.15, -0.1) is 0 Å². The molecular formula is C9H10N4O2. The first kappa shape index (κ1) is 10.9. The third-order valence-electron chi connectivity index (χ3n) is 2.12. The molecule has 15 heavy (non-hydrogen) atoms. The van der Waals surface area contributed by atoms with Gasteiger partial charge in [0, 0.05) is 7.05 Å². The summed E-state index contributed by atoms with van der Waals surface area (Å²) in [7, 11) is 1.46. The molecule has 0 aliphatic carbocycles. The number of nitrogens with one attached hydrogen (secondary N) is 1.